The van der Waals surface area contributed by atoms with Gasteiger partial charge in [-0.2, -0.15) is 5.10 Å². The van der Waals surface area contributed by atoms with Crippen LogP contribution in [0.1, 0.15) is 29.4 Å². The number of imidazole rings is 1. The van der Waals surface area contributed by atoms with Gasteiger partial charge in [0.05, 0.1) is 24.3 Å². The van der Waals surface area contributed by atoms with E-state index in [0.717, 1.165) is 29.4 Å². The van der Waals surface area contributed by atoms with E-state index in [-0.39, 0.29) is 0 Å². The Morgan fingerprint density at radius 1 is 1.19 bits per heavy atom. The van der Waals surface area contributed by atoms with Gasteiger partial charge in [0.1, 0.15) is 0 Å². The molecule has 0 atom stereocenters. The van der Waals surface area contributed by atoms with E-state index in [1.807, 2.05) is 41.5 Å². The van der Waals surface area contributed by atoms with Gasteiger partial charge in [-0.1, -0.05) is 18.2 Å². The van der Waals surface area contributed by atoms with E-state index >= 15 is 0 Å². The summed E-state index contributed by atoms with van der Waals surface area (Å²) in [6.45, 7) is 8.27. The number of hydrogen-bond acceptors (Lipinski definition) is 3. The van der Waals surface area contributed by atoms with Gasteiger partial charge in [0.2, 0.25) is 0 Å². The highest BCUT2D eigenvalue weighted by Gasteiger charge is 2.10. The Morgan fingerprint density at radius 3 is 2.67 bits per heavy atom. The number of guanidine groups is 1. The Bertz CT molecular complexity index is 907. The average Bonchev–Trinajstić information content (AvgIpc) is 3.28. The summed E-state index contributed by atoms with van der Waals surface area (Å²) in [6, 6.07) is 8.24. The predicted octanol–water partition coefficient (Wildman–Crippen LogP) is 2.48. The summed E-state index contributed by atoms with van der Waals surface area (Å²) in [6.07, 6.45) is 5.53. The summed E-state index contributed by atoms with van der Waals surface area (Å²) in [5.41, 5.74) is 5.65. The molecule has 0 saturated carbocycles. The van der Waals surface area contributed by atoms with Crippen LogP contribution in [0.3, 0.4) is 0 Å². The molecule has 7 nitrogen and oxygen atoms in total. The van der Waals surface area contributed by atoms with Crippen LogP contribution in [0.4, 0.5) is 0 Å². The monoisotopic (exact) mass is 365 g/mol. The molecule has 2 aromatic heterocycles. The van der Waals surface area contributed by atoms with Crippen LogP contribution in [0.25, 0.3) is 5.69 Å². The van der Waals surface area contributed by atoms with E-state index in [1.54, 1.807) is 12.5 Å². The van der Waals surface area contributed by atoms with Crippen molar-refractivity contribution in [1.82, 2.24) is 30.0 Å². The van der Waals surface area contributed by atoms with Crippen LogP contribution < -0.4 is 10.6 Å². The van der Waals surface area contributed by atoms with Crippen LogP contribution >= 0.6 is 0 Å². The molecule has 2 heterocycles. The lowest BCUT2D eigenvalue weighted by atomic mass is 10.2. The normalized spacial score (nSPS) is 11.6. The molecule has 0 radical (unpaired) electrons. The topological polar surface area (TPSA) is 72.1 Å². The largest absolute Gasteiger partial charge is 0.357 e. The van der Waals surface area contributed by atoms with Crippen LogP contribution in [-0.4, -0.2) is 31.8 Å². The number of para-hydroxylation sites is 1. The zero-order valence-electron chi connectivity index (χ0n) is 16.4. The third kappa shape index (κ3) is 4.36. The number of rotatable bonds is 6. The molecule has 3 aromatic rings. The zero-order valence-corrected chi connectivity index (χ0v) is 16.4. The van der Waals surface area contributed by atoms with Crippen molar-refractivity contribution in [1.29, 1.82) is 0 Å². The minimum absolute atomic E-state index is 0.578. The molecule has 0 saturated heterocycles. The molecule has 0 fully saturated rings. The van der Waals surface area contributed by atoms with Crippen molar-refractivity contribution >= 4 is 5.96 Å². The van der Waals surface area contributed by atoms with Crippen molar-refractivity contribution in [3.05, 3.63) is 65.5 Å². The molecule has 7 heteroatoms. The molecule has 0 aliphatic carbocycles. The second-order valence-corrected chi connectivity index (χ2v) is 6.42. The van der Waals surface area contributed by atoms with Crippen LogP contribution in [0.5, 0.6) is 0 Å². The van der Waals surface area contributed by atoms with Gasteiger partial charge in [-0.15, -0.1) is 0 Å². The standard InChI is InChI=1S/C20H27N7/c1-5-22-20(24-13-18-15(2)25-26(4)16(18)3)23-12-17-8-6-7-9-19(17)27-11-10-21-14-27/h6-11,14H,5,12-13H2,1-4H3,(H2,22,23,24). The first-order chi connectivity index (χ1) is 13.1. The molecule has 0 spiro atoms. The lowest BCUT2D eigenvalue weighted by molar-refractivity contribution is 0.728. The minimum atomic E-state index is 0.578. The molecular weight excluding hydrogens is 338 g/mol. The Kier molecular flexibility index (Phi) is 5.90. The van der Waals surface area contributed by atoms with Crippen molar-refractivity contribution in [2.45, 2.75) is 33.9 Å². The highest BCUT2D eigenvalue weighted by atomic mass is 15.3. The maximum Gasteiger partial charge on any atom is 0.191 e. The van der Waals surface area contributed by atoms with Gasteiger partial charge in [-0.05, 0) is 32.4 Å². The second-order valence-electron chi connectivity index (χ2n) is 6.42. The fraction of sp³-hybridized carbons (Fsp3) is 0.350. The predicted molar refractivity (Wildman–Crippen MR) is 108 cm³/mol. The first-order valence-corrected chi connectivity index (χ1v) is 9.17. The molecule has 3 rings (SSSR count). The fourth-order valence-electron chi connectivity index (χ4n) is 3.05. The maximum absolute atomic E-state index is 4.77. The van der Waals surface area contributed by atoms with Crippen LogP contribution in [0.2, 0.25) is 0 Å². The van der Waals surface area contributed by atoms with Gasteiger partial charge < -0.3 is 15.2 Å². The van der Waals surface area contributed by atoms with Crippen molar-refractivity contribution < 1.29 is 0 Å². The summed E-state index contributed by atoms with van der Waals surface area (Å²) in [4.78, 5) is 8.91. The third-order valence-corrected chi connectivity index (χ3v) is 4.62. The zero-order chi connectivity index (χ0) is 19.2. The molecular formula is C20H27N7. The Morgan fingerprint density at radius 2 is 2.00 bits per heavy atom. The quantitative estimate of drug-likeness (QED) is 0.520. The number of benzene rings is 1. The number of aliphatic imine (C=N–C) groups is 1. The number of aromatic nitrogens is 4. The Balaban J connectivity index is 1.75. The lowest BCUT2D eigenvalue weighted by Crippen LogP contribution is -2.37. The second kappa shape index (κ2) is 8.53. The number of aryl methyl sites for hydroxylation is 2. The van der Waals surface area contributed by atoms with Gasteiger partial charge >= 0.3 is 0 Å². The fourth-order valence-corrected chi connectivity index (χ4v) is 3.05. The van der Waals surface area contributed by atoms with E-state index in [2.05, 4.69) is 46.7 Å². The van der Waals surface area contributed by atoms with E-state index in [0.29, 0.717) is 13.1 Å². The van der Waals surface area contributed by atoms with E-state index in [4.69, 9.17) is 4.99 Å². The molecule has 0 bridgehead atoms. The van der Waals surface area contributed by atoms with Gasteiger partial charge in [-0.3, -0.25) is 4.68 Å². The summed E-state index contributed by atoms with van der Waals surface area (Å²) >= 11 is 0. The van der Waals surface area contributed by atoms with Gasteiger partial charge in [0, 0.05) is 43.8 Å². The highest BCUT2D eigenvalue weighted by molar-refractivity contribution is 5.79. The number of nitrogens with zero attached hydrogens (tertiary/aromatic N) is 5. The van der Waals surface area contributed by atoms with Gasteiger partial charge in [0.15, 0.2) is 5.96 Å². The van der Waals surface area contributed by atoms with Crippen LogP contribution in [0.15, 0.2) is 48.0 Å². The molecule has 2 N–H and O–H groups in total. The maximum atomic E-state index is 4.77. The van der Waals surface area contributed by atoms with Crippen molar-refractivity contribution in [3.63, 3.8) is 0 Å². The van der Waals surface area contributed by atoms with Crippen molar-refractivity contribution in [2.75, 3.05) is 6.54 Å². The first kappa shape index (κ1) is 18.7. The highest BCUT2D eigenvalue weighted by Crippen LogP contribution is 2.15. The SMILES string of the molecule is CCNC(=NCc1ccccc1-n1ccnc1)NCc1c(C)nn(C)c1C. The Hall–Kier alpha value is -3.09. The Labute approximate surface area is 160 Å². The number of hydrogen-bond donors (Lipinski definition) is 2. The first-order valence-electron chi connectivity index (χ1n) is 9.17. The smallest absolute Gasteiger partial charge is 0.191 e. The third-order valence-electron chi connectivity index (χ3n) is 4.62. The van der Waals surface area contributed by atoms with E-state index in [1.165, 1.54) is 11.3 Å². The van der Waals surface area contributed by atoms with Crippen LogP contribution in [0, 0.1) is 13.8 Å². The van der Waals surface area contributed by atoms with Crippen molar-refractivity contribution in [2.24, 2.45) is 12.0 Å². The average molecular weight is 365 g/mol. The molecule has 27 heavy (non-hydrogen) atoms. The molecule has 142 valence electrons. The summed E-state index contributed by atoms with van der Waals surface area (Å²) in [7, 11) is 1.97. The molecule has 1 aromatic carbocycles. The molecule has 0 unspecified atom stereocenters. The molecule has 0 amide bonds. The molecule has 0 aliphatic rings. The molecule has 0 aliphatic heterocycles. The summed E-state index contributed by atoms with van der Waals surface area (Å²) < 4.78 is 3.92. The van der Waals surface area contributed by atoms with E-state index < -0.39 is 0 Å². The minimum Gasteiger partial charge on any atom is -0.357 e. The number of nitrogens with one attached hydrogen (secondary N) is 2. The van der Waals surface area contributed by atoms with E-state index in [9.17, 15) is 0 Å². The lowest BCUT2D eigenvalue weighted by Gasteiger charge is -2.13. The van der Waals surface area contributed by atoms with Gasteiger partial charge in [-0.25, -0.2) is 9.98 Å². The summed E-state index contributed by atoms with van der Waals surface area (Å²) in [5.74, 6) is 0.792. The van der Waals surface area contributed by atoms with Gasteiger partial charge in [0.25, 0.3) is 0 Å². The van der Waals surface area contributed by atoms with Crippen LogP contribution in [-0.2, 0) is 20.1 Å². The van der Waals surface area contributed by atoms with Crippen molar-refractivity contribution in [3.8, 4) is 5.69 Å². The summed E-state index contributed by atoms with van der Waals surface area (Å²) in [5, 5.41) is 11.2.